The van der Waals surface area contributed by atoms with Crippen molar-refractivity contribution in [2.45, 2.75) is 32.9 Å². The Morgan fingerprint density at radius 1 is 1.48 bits per heavy atom. The fourth-order valence-electron chi connectivity index (χ4n) is 2.90. The van der Waals surface area contributed by atoms with Gasteiger partial charge in [0.15, 0.2) is 5.78 Å². The lowest BCUT2D eigenvalue weighted by Gasteiger charge is -2.14. The van der Waals surface area contributed by atoms with Crippen molar-refractivity contribution in [3.8, 4) is 17.1 Å². The molecule has 0 saturated carbocycles. The molecule has 1 aliphatic rings. The van der Waals surface area contributed by atoms with E-state index >= 15 is 0 Å². The maximum atomic E-state index is 11.7. The van der Waals surface area contributed by atoms with Crippen LogP contribution in [0.4, 0.5) is 0 Å². The Bertz CT molecular complexity index is 755. The molecule has 0 N–H and O–H groups in total. The highest BCUT2D eigenvalue weighted by Crippen LogP contribution is 2.32. The van der Waals surface area contributed by atoms with Crippen LogP contribution >= 0.6 is 15.9 Å². The number of carbonyl (C=O) groups is 1. The van der Waals surface area contributed by atoms with E-state index in [2.05, 4.69) is 32.4 Å². The minimum atomic E-state index is -0.0152. The zero-order valence-corrected chi connectivity index (χ0v) is 15.0. The average molecular weight is 379 g/mol. The second kappa shape index (κ2) is 6.45. The van der Waals surface area contributed by atoms with Gasteiger partial charge in [-0.25, -0.2) is 4.98 Å². The van der Waals surface area contributed by atoms with Gasteiger partial charge < -0.3 is 14.0 Å². The number of benzene rings is 1. The van der Waals surface area contributed by atoms with Gasteiger partial charge in [-0.15, -0.1) is 0 Å². The molecule has 0 spiro atoms. The van der Waals surface area contributed by atoms with Crippen molar-refractivity contribution in [1.82, 2.24) is 9.55 Å². The second-order valence-electron chi connectivity index (χ2n) is 5.69. The Balaban J connectivity index is 2.11. The van der Waals surface area contributed by atoms with Crippen LogP contribution in [0.25, 0.3) is 11.4 Å². The van der Waals surface area contributed by atoms with Crippen LogP contribution in [-0.4, -0.2) is 35.2 Å². The van der Waals surface area contributed by atoms with Crippen LogP contribution < -0.4 is 4.74 Å². The maximum Gasteiger partial charge on any atom is 0.163 e. The van der Waals surface area contributed by atoms with Crippen molar-refractivity contribution >= 4 is 21.7 Å². The summed E-state index contributed by atoms with van der Waals surface area (Å²) >= 11 is 3.56. The van der Waals surface area contributed by atoms with Gasteiger partial charge in [-0.05, 0) is 41.9 Å². The summed E-state index contributed by atoms with van der Waals surface area (Å²) in [7, 11) is 1.57. The highest BCUT2D eigenvalue weighted by atomic mass is 79.9. The Morgan fingerprint density at radius 2 is 2.26 bits per heavy atom. The van der Waals surface area contributed by atoms with Crippen molar-refractivity contribution in [1.29, 1.82) is 0 Å². The fourth-order valence-corrected chi connectivity index (χ4v) is 3.48. The minimum Gasteiger partial charge on any atom is -0.496 e. The molecule has 2 aromatic rings. The zero-order valence-electron chi connectivity index (χ0n) is 13.4. The molecule has 3 rings (SSSR count). The van der Waals surface area contributed by atoms with Crippen LogP contribution in [-0.2, 0) is 17.7 Å². The summed E-state index contributed by atoms with van der Waals surface area (Å²) in [5.41, 5.74) is 2.64. The number of rotatable bonds is 3. The summed E-state index contributed by atoms with van der Waals surface area (Å²) in [4.78, 5) is 16.3. The molecule has 122 valence electrons. The molecule has 0 radical (unpaired) electrons. The molecule has 0 aliphatic carbocycles. The van der Waals surface area contributed by atoms with E-state index in [4.69, 9.17) is 9.47 Å². The van der Waals surface area contributed by atoms with Gasteiger partial charge in [0, 0.05) is 12.0 Å². The molecule has 0 fully saturated rings. The number of halogens is 1. The third kappa shape index (κ3) is 3.05. The Labute approximate surface area is 143 Å². The minimum absolute atomic E-state index is 0.0152. The molecule has 5 nitrogen and oxygen atoms in total. The number of methoxy groups -OCH3 is 1. The van der Waals surface area contributed by atoms with E-state index in [1.807, 2.05) is 12.1 Å². The van der Waals surface area contributed by atoms with Crippen molar-refractivity contribution in [2.75, 3.05) is 13.7 Å². The SMILES string of the molecule is COc1cc(-c2nc(Br)c3n2CC(C)OCC3)ccc1C(C)=O. The van der Waals surface area contributed by atoms with Gasteiger partial charge in [0.05, 0.1) is 37.6 Å². The zero-order chi connectivity index (χ0) is 16.6. The number of Topliss-reactive ketones (excluding diaryl/α,β-unsaturated/α-hetero) is 1. The molecule has 1 unspecified atom stereocenters. The van der Waals surface area contributed by atoms with Crippen molar-refractivity contribution in [3.05, 3.63) is 34.1 Å². The smallest absolute Gasteiger partial charge is 0.163 e. The van der Waals surface area contributed by atoms with E-state index in [-0.39, 0.29) is 11.9 Å². The number of carbonyl (C=O) groups excluding carboxylic acids is 1. The number of hydrogen-bond donors (Lipinski definition) is 0. The van der Waals surface area contributed by atoms with Crippen LogP contribution in [0.1, 0.15) is 29.9 Å². The number of hydrogen-bond acceptors (Lipinski definition) is 4. The van der Waals surface area contributed by atoms with Gasteiger partial charge in [0.1, 0.15) is 16.2 Å². The van der Waals surface area contributed by atoms with Crippen molar-refractivity contribution < 1.29 is 14.3 Å². The van der Waals surface area contributed by atoms with Gasteiger partial charge in [-0.2, -0.15) is 0 Å². The summed E-state index contributed by atoms with van der Waals surface area (Å²) in [5.74, 6) is 1.41. The van der Waals surface area contributed by atoms with E-state index in [1.54, 1.807) is 13.2 Å². The number of nitrogens with zero attached hydrogens (tertiary/aromatic N) is 2. The molecule has 23 heavy (non-hydrogen) atoms. The number of fused-ring (bicyclic) bond motifs is 1. The first-order chi connectivity index (χ1) is 11.0. The molecule has 0 saturated heterocycles. The van der Waals surface area contributed by atoms with Crippen molar-refractivity contribution in [2.24, 2.45) is 0 Å². The molecule has 6 heteroatoms. The normalized spacial score (nSPS) is 17.5. The number of aromatic nitrogens is 2. The van der Waals surface area contributed by atoms with E-state index in [1.165, 1.54) is 6.92 Å². The Morgan fingerprint density at radius 3 is 2.96 bits per heavy atom. The van der Waals surface area contributed by atoms with Gasteiger partial charge in [-0.1, -0.05) is 6.07 Å². The predicted molar refractivity (Wildman–Crippen MR) is 91.0 cm³/mol. The van der Waals surface area contributed by atoms with Gasteiger partial charge in [0.25, 0.3) is 0 Å². The lowest BCUT2D eigenvalue weighted by Crippen LogP contribution is -2.15. The number of ketones is 1. The topological polar surface area (TPSA) is 53.4 Å². The van der Waals surface area contributed by atoms with Gasteiger partial charge in [-0.3, -0.25) is 4.79 Å². The monoisotopic (exact) mass is 378 g/mol. The summed E-state index contributed by atoms with van der Waals surface area (Å²) in [6, 6.07) is 5.58. The first-order valence-electron chi connectivity index (χ1n) is 7.57. The van der Waals surface area contributed by atoms with Crippen LogP contribution in [0.3, 0.4) is 0 Å². The van der Waals surface area contributed by atoms with Gasteiger partial charge >= 0.3 is 0 Å². The van der Waals surface area contributed by atoms with E-state index in [9.17, 15) is 4.79 Å². The summed E-state index contributed by atoms with van der Waals surface area (Å²) < 4.78 is 14.1. The highest BCUT2D eigenvalue weighted by Gasteiger charge is 2.22. The first-order valence-corrected chi connectivity index (χ1v) is 8.36. The molecule has 2 heterocycles. The molecular weight excluding hydrogens is 360 g/mol. The van der Waals surface area contributed by atoms with Crippen LogP contribution in [0.2, 0.25) is 0 Å². The second-order valence-corrected chi connectivity index (χ2v) is 6.44. The van der Waals surface area contributed by atoms with E-state index in [0.29, 0.717) is 17.9 Å². The summed E-state index contributed by atoms with van der Waals surface area (Å²) in [5, 5.41) is 0. The largest absolute Gasteiger partial charge is 0.496 e. The Kier molecular flexibility index (Phi) is 4.55. The van der Waals surface area contributed by atoms with Crippen LogP contribution in [0, 0.1) is 0 Å². The molecule has 1 aromatic carbocycles. The lowest BCUT2D eigenvalue weighted by molar-refractivity contribution is 0.0666. The highest BCUT2D eigenvalue weighted by molar-refractivity contribution is 9.10. The van der Waals surface area contributed by atoms with Crippen molar-refractivity contribution in [3.63, 3.8) is 0 Å². The average Bonchev–Trinajstić information content (AvgIpc) is 2.70. The third-order valence-electron chi connectivity index (χ3n) is 4.04. The maximum absolute atomic E-state index is 11.7. The molecule has 1 aliphatic heterocycles. The number of ether oxygens (including phenoxy) is 2. The third-order valence-corrected chi connectivity index (χ3v) is 4.68. The van der Waals surface area contributed by atoms with E-state index in [0.717, 1.165) is 34.7 Å². The first kappa shape index (κ1) is 16.2. The molecule has 0 amide bonds. The Hall–Kier alpha value is -1.66. The van der Waals surface area contributed by atoms with Crippen LogP contribution in [0.5, 0.6) is 5.75 Å². The predicted octanol–water partition coefficient (Wildman–Crippen LogP) is 3.49. The lowest BCUT2D eigenvalue weighted by atomic mass is 10.1. The molecular formula is C17H19BrN2O3. The summed E-state index contributed by atoms with van der Waals surface area (Å²) in [6.07, 6.45) is 0.954. The molecule has 0 bridgehead atoms. The van der Waals surface area contributed by atoms with Gasteiger partial charge in [0.2, 0.25) is 0 Å². The summed E-state index contributed by atoms with van der Waals surface area (Å²) in [6.45, 7) is 5.04. The molecule has 1 atom stereocenters. The molecule has 1 aromatic heterocycles. The quantitative estimate of drug-likeness (QED) is 0.767. The number of imidazole rings is 1. The standard InChI is InChI=1S/C17H19BrN2O3/c1-10-9-20-14(6-7-23-10)16(18)19-17(20)12-4-5-13(11(2)21)15(8-12)22-3/h4-5,8,10H,6-7,9H2,1-3H3. The van der Waals surface area contributed by atoms with Crippen LogP contribution in [0.15, 0.2) is 22.8 Å². The fraction of sp³-hybridized carbons (Fsp3) is 0.412. The van der Waals surface area contributed by atoms with E-state index < -0.39 is 0 Å².